The van der Waals surface area contributed by atoms with E-state index in [9.17, 15) is 14.4 Å². The van der Waals surface area contributed by atoms with Crippen LogP contribution < -0.4 is 0 Å². The van der Waals surface area contributed by atoms with Gasteiger partial charge in [0.25, 0.3) is 11.1 Å². The first kappa shape index (κ1) is 24.9. The molecule has 0 saturated carbocycles. The molecule has 186 valence electrons. The molecule has 0 spiro atoms. The van der Waals surface area contributed by atoms with Crippen molar-refractivity contribution in [3.05, 3.63) is 74.7 Å². The summed E-state index contributed by atoms with van der Waals surface area (Å²) >= 11 is 13.0. The maximum absolute atomic E-state index is 13.1. The van der Waals surface area contributed by atoms with Crippen molar-refractivity contribution in [1.29, 1.82) is 0 Å². The molecule has 0 unspecified atom stereocenters. The normalized spacial score (nSPS) is 18.1. The fourth-order valence-electron chi connectivity index (χ4n) is 4.62. The second-order valence-corrected chi connectivity index (χ2v) is 11.1. The van der Waals surface area contributed by atoms with Crippen molar-refractivity contribution >= 4 is 69.0 Å². The summed E-state index contributed by atoms with van der Waals surface area (Å²) in [7, 11) is 0. The van der Waals surface area contributed by atoms with Gasteiger partial charge in [-0.25, -0.2) is 0 Å². The Morgan fingerprint density at radius 1 is 1.08 bits per heavy atom. The maximum atomic E-state index is 13.1. The molecule has 36 heavy (non-hydrogen) atoms. The summed E-state index contributed by atoms with van der Waals surface area (Å²) in [6.07, 6.45) is 5.69. The molecule has 2 aliphatic heterocycles. The Hall–Kier alpha value is -2.74. The van der Waals surface area contributed by atoms with Gasteiger partial charge in [-0.05, 0) is 60.4 Å². The van der Waals surface area contributed by atoms with Crippen molar-refractivity contribution in [2.75, 3.05) is 13.1 Å². The summed E-state index contributed by atoms with van der Waals surface area (Å²) < 4.78 is 1.93. The zero-order valence-corrected chi connectivity index (χ0v) is 22.1. The molecule has 3 heterocycles. The minimum Gasteiger partial charge on any atom is -0.341 e. The molecule has 2 aliphatic rings. The molecule has 6 nitrogen and oxygen atoms in total. The number of hydrogen-bond donors (Lipinski definition) is 0. The first-order chi connectivity index (χ1) is 17.3. The number of para-hydroxylation sites is 1. The SMILES string of the molecule is CC1CCN(C(=O)Cn2cc(/C=C3\SC(=O)N(Cc4ccc(Cl)c(Cl)c4)C3=O)c3ccccc32)CC1. The van der Waals surface area contributed by atoms with Crippen LogP contribution in [0.25, 0.3) is 17.0 Å². The number of aromatic nitrogens is 1. The van der Waals surface area contributed by atoms with Gasteiger partial charge in [-0.15, -0.1) is 0 Å². The third kappa shape index (κ3) is 5.05. The zero-order valence-electron chi connectivity index (χ0n) is 19.7. The van der Waals surface area contributed by atoms with Crippen molar-refractivity contribution in [3.63, 3.8) is 0 Å². The summed E-state index contributed by atoms with van der Waals surface area (Å²) in [6, 6.07) is 12.8. The van der Waals surface area contributed by atoms with Crippen molar-refractivity contribution in [1.82, 2.24) is 14.4 Å². The highest BCUT2D eigenvalue weighted by Crippen LogP contribution is 2.35. The second kappa shape index (κ2) is 10.3. The van der Waals surface area contributed by atoms with E-state index in [1.165, 1.54) is 4.90 Å². The van der Waals surface area contributed by atoms with Crippen LogP contribution in [0, 0.1) is 5.92 Å². The summed E-state index contributed by atoms with van der Waals surface area (Å²) in [4.78, 5) is 42.3. The Balaban J connectivity index is 1.38. The number of fused-ring (bicyclic) bond motifs is 1. The number of benzene rings is 2. The molecule has 2 aromatic carbocycles. The van der Waals surface area contributed by atoms with E-state index in [0.29, 0.717) is 20.9 Å². The molecule has 9 heteroatoms. The largest absolute Gasteiger partial charge is 0.341 e. The van der Waals surface area contributed by atoms with Crippen LogP contribution in [0.2, 0.25) is 10.0 Å². The van der Waals surface area contributed by atoms with Crippen LogP contribution >= 0.6 is 35.0 Å². The fraction of sp³-hybridized carbons (Fsp3) is 0.296. The minimum atomic E-state index is -0.355. The highest BCUT2D eigenvalue weighted by atomic mass is 35.5. The van der Waals surface area contributed by atoms with Crippen LogP contribution in [0.4, 0.5) is 4.79 Å². The summed E-state index contributed by atoms with van der Waals surface area (Å²) in [5.74, 6) is 0.391. The Morgan fingerprint density at radius 2 is 1.83 bits per heavy atom. The van der Waals surface area contributed by atoms with E-state index in [2.05, 4.69) is 6.92 Å². The molecule has 0 N–H and O–H groups in total. The van der Waals surface area contributed by atoms with E-state index in [-0.39, 0.29) is 30.1 Å². The van der Waals surface area contributed by atoms with Gasteiger partial charge < -0.3 is 9.47 Å². The smallest absolute Gasteiger partial charge is 0.293 e. The molecule has 3 aromatic rings. The highest BCUT2D eigenvalue weighted by Gasteiger charge is 2.35. The number of amides is 3. The van der Waals surface area contributed by atoms with E-state index in [1.54, 1.807) is 24.3 Å². The molecule has 2 fully saturated rings. The van der Waals surface area contributed by atoms with Gasteiger partial charge in [0.2, 0.25) is 5.91 Å². The summed E-state index contributed by atoms with van der Waals surface area (Å²) in [5, 5.41) is 1.38. The van der Waals surface area contributed by atoms with Crippen LogP contribution in [0.15, 0.2) is 53.6 Å². The van der Waals surface area contributed by atoms with Gasteiger partial charge in [0.05, 0.1) is 21.5 Å². The monoisotopic (exact) mass is 541 g/mol. The topological polar surface area (TPSA) is 62.6 Å². The number of piperidine rings is 1. The van der Waals surface area contributed by atoms with E-state index < -0.39 is 0 Å². The molecule has 0 atom stereocenters. The minimum absolute atomic E-state index is 0.0937. The molecule has 5 rings (SSSR count). The number of thioether (sulfide) groups is 1. The van der Waals surface area contributed by atoms with E-state index in [1.807, 2.05) is 39.9 Å². The molecular weight excluding hydrogens is 517 g/mol. The zero-order chi connectivity index (χ0) is 25.4. The van der Waals surface area contributed by atoms with Gasteiger partial charge in [0, 0.05) is 35.8 Å². The Labute approximate surface area is 223 Å². The van der Waals surface area contributed by atoms with Crippen LogP contribution in [0.5, 0.6) is 0 Å². The lowest BCUT2D eigenvalue weighted by molar-refractivity contribution is -0.133. The highest BCUT2D eigenvalue weighted by molar-refractivity contribution is 8.18. The quantitative estimate of drug-likeness (QED) is 0.348. The Morgan fingerprint density at radius 3 is 2.58 bits per heavy atom. The number of nitrogens with zero attached hydrogens (tertiary/aromatic N) is 3. The van der Waals surface area contributed by atoms with Gasteiger partial charge in [-0.2, -0.15) is 0 Å². The van der Waals surface area contributed by atoms with Gasteiger partial charge in [0.15, 0.2) is 0 Å². The lowest BCUT2D eigenvalue weighted by Crippen LogP contribution is -2.39. The average molecular weight is 542 g/mol. The van der Waals surface area contributed by atoms with Gasteiger partial charge in [-0.1, -0.05) is 54.4 Å². The number of carbonyl (C=O) groups excluding carboxylic acids is 3. The number of rotatable bonds is 5. The Kier molecular flexibility index (Phi) is 7.15. The molecule has 0 aliphatic carbocycles. The van der Waals surface area contributed by atoms with Gasteiger partial charge in [-0.3, -0.25) is 19.3 Å². The number of carbonyl (C=O) groups is 3. The maximum Gasteiger partial charge on any atom is 0.293 e. The molecule has 2 saturated heterocycles. The van der Waals surface area contributed by atoms with E-state index in [4.69, 9.17) is 23.2 Å². The summed E-state index contributed by atoms with van der Waals surface area (Å²) in [6.45, 7) is 4.15. The van der Waals surface area contributed by atoms with Crippen molar-refractivity contribution < 1.29 is 14.4 Å². The third-order valence-electron chi connectivity index (χ3n) is 6.75. The first-order valence-electron chi connectivity index (χ1n) is 11.8. The van der Waals surface area contributed by atoms with Crippen LogP contribution in [-0.2, 0) is 22.7 Å². The number of imide groups is 1. The van der Waals surface area contributed by atoms with Gasteiger partial charge in [0.1, 0.15) is 6.54 Å². The summed E-state index contributed by atoms with van der Waals surface area (Å²) in [5.41, 5.74) is 2.43. The molecule has 0 bridgehead atoms. The van der Waals surface area contributed by atoms with Crippen LogP contribution in [0.3, 0.4) is 0 Å². The first-order valence-corrected chi connectivity index (χ1v) is 13.4. The number of likely N-dealkylation sites (tertiary alicyclic amines) is 1. The predicted molar refractivity (Wildman–Crippen MR) is 145 cm³/mol. The van der Waals surface area contributed by atoms with Crippen molar-refractivity contribution in [3.8, 4) is 0 Å². The van der Waals surface area contributed by atoms with E-state index in [0.717, 1.165) is 59.7 Å². The fourth-order valence-corrected chi connectivity index (χ4v) is 5.77. The van der Waals surface area contributed by atoms with Gasteiger partial charge >= 0.3 is 0 Å². The second-order valence-electron chi connectivity index (χ2n) is 9.31. The molecular formula is C27H25Cl2N3O3S. The molecule has 3 amide bonds. The predicted octanol–water partition coefficient (Wildman–Crippen LogP) is 6.44. The van der Waals surface area contributed by atoms with Crippen molar-refractivity contribution in [2.45, 2.75) is 32.9 Å². The van der Waals surface area contributed by atoms with Crippen LogP contribution in [0.1, 0.15) is 30.9 Å². The van der Waals surface area contributed by atoms with E-state index >= 15 is 0 Å². The van der Waals surface area contributed by atoms with Crippen molar-refractivity contribution in [2.24, 2.45) is 5.92 Å². The molecule has 1 aromatic heterocycles. The number of halogens is 2. The molecule has 0 radical (unpaired) electrons. The third-order valence-corrected chi connectivity index (χ3v) is 8.39. The average Bonchev–Trinajstić information content (AvgIpc) is 3.33. The number of hydrogen-bond acceptors (Lipinski definition) is 4. The Bertz CT molecular complexity index is 1390. The lowest BCUT2D eigenvalue weighted by atomic mass is 9.99. The van der Waals surface area contributed by atoms with Crippen LogP contribution in [-0.4, -0.2) is 44.5 Å². The lowest BCUT2D eigenvalue weighted by Gasteiger charge is -2.30. The standard InChI is InChI=1S/C27H25Cl2N3O3S/c1-17-8-10-30(11-9-17)25(33)16-31-15-19(20-4-2-3-5-23(20)31)13-24-26(34)32(27(35)36-24)14-18-6-7-21(28)22(29)12-18/h2-7,12-13,15,17H,8-11,14,16H2,1H3/b24-13-.